The van der Waals surface area contributed by atoms with Crippen molar-refractivity contribution in [3.05, 3.63) is 12.2 Å². The monoisotopic (exact) mass is 272 g/mol. The molecule has 2 N–H and O–H groups in total. The highest BCUT2D eigenvalue weighted by molar-refractivity contribution is 5.91. The summed E-state index contributed by atoms with van der Waals surface area (Å²) in [5.74, 6) is -1.28. The zero-order chi connectivity index (χ0) is 14.8. The lowest BCUT2D eigenvalue weighted by Crippen LogP contribution is -2.41. The molecule has 7 heteroatoms. The highest BCUT2D eigenvalue weighted by Gasteiger charge is 2.08. The van der Waals surface area contributed by atoms with Gasteiger partial charge in [0.15, 0.2) is 0 Å². The molecule has 0 fully saturated rings. The van der Waals surface area contributed by atoms with E-state index in [2.05, 4.69) is 10.6 Å². The molecule has 0 heterocycles. The summed E-state index contributed by atoms with van der Waals surface area (Å²) in [6, 6.07) is -0.695. The van der Waals surface area contributed by atoms with Crippen molar-refractivity contribution < 1.29 is 23.9 Å². The maximum atomic E-state index is 11.2. The average Bonchev–Trinajstić information content (AvgIpc) is 2.32. The van der Waals surface area contributed by atoms with E-state index in [1.807, 2.05) is 0 Å². The summed E-state index contributed by atoms with van der Waals surface area (Å²) in [6.45, 7) is 5.10. The van der Waals surface area contributed by atoms with Gasteiger partial charge in [-0.15, -0.1) is 0 Å². The molecule has 0 aliphatic rings. The van der Waals surface area contributed by atoms with E-state index >= 15 is 0 Å². The van der Waals surface area contributed by atoms with Crippen LogP contribution in [0.5, 0.6) is 0 Å². The molecular weight excluding hydrogens is 252 g/mol. The molecule has 0 saturated heterocycles. The molecule has 19 heavy (non-hydrogen) atoms. The van der Waals surface area contributed by atoms with Crippen molar-refractivity contribution in [1.29, 1.82) is 0 Å². The van der Waals surface area contributed by atoms with Crippen LogP contribution in [0.15, 0.2) is 12.2 Å². The van der Waals surface area contributed by atoms with Crippen LogP contribution in [0.1, 0.15) is 20.8 Å². The van der Waals surface area contributed by atoms with Crippen LogP contribution in [-0.2, 0) is 19.1 Å². The van der Waals surface area contributed by atoms with Crippen molar-refractivity contribution in [2.24, 2.45) is 0 Å². The van der Waals surface area contributed by atoms with Gasteiger partial charge in [0.2, 0.25) is 0 Å². The van der Waals surface area contributed by atoms with E-state index in [4.69, 9.17) is 9.47 Å². The van der Waals surface area contributed by atoms with Crippen LogP contribution in [0.2, 0.25) is 0 Å². The lowest BCUT2D eigenvalue weighted by Gasteiger charge is -2.12. The van der Waals surface area contributed by atoms with Gasteiger partial charge in [-0.25, -0.2) is 14.4 Å². The fraction of sp³-hybridized carbons (Fsp3) is 0.583. The number of carbonyl (C=O) groups is 3. The van der Waals surface area contributed by atoms with Crippen LogP contribution < -0.4 is 10.6 Å². The molecule has 0 aliphatic carbocycles. The highest BCUT2D eigenvalue weighted by atomic mass is 16.5. The number of carbonyl (C=O) groups excluding carboxylic acids is 3. The van der Waals surface area contributed by atoms with Crippen LogP contribution in [0.25, 0.3) is 0 Å². The molecule has 0 radical (unpaired) electrons. The van der Waals surface area contributed by atoms with Gasteiger partial charge in [0.05, 0.1) is 12.1 Å². The number of hydrogen-bond donors (Lipinski definition) is 2. The summed E-state index contributed by atoms with van der Waals surface area (Å²) in [4.78, 5) is 33.3. The Hall–Kier alpha value is -2.05. The summed E-state index contributed by atoms with van der Waals surface area (Å²) in [6.07, 6.45) is 1.74. The van der Waals surface area contributed by atoms with E-state index < -0.39 is 11.9 Å². The lowest BCUT2D eigenvalue weighted by molar-refractivity contribution is -0.143. The summed E-state index contributed by atoms with van der Waals surface area (Å²) in [7, 11) is 1.48. The fourth-order valence-electron chi connectivity index (χ4n) is 1.00. The third-order valence-corrected chi connectivity index (χ3v) is 1.79. The van der Waals surface area contributed by atoms with Crippen molar-refractivity contribution in [2.45, 2.75) is 32.9 Å². The predicted molar refractivity (Wildman–Crippen MR) is 68.4 cm³/mol. The van der Waals surface area contributed by atoms with Crippen LogP contribution in [0.4, 0.5) is 4.79 Å². The Bertz CT molecular complexity index is 352. The first-order valence-electron chi connectivity index (χ1n) is 5.88. The molecule has 0 rings (SSSR count). The van der Waals surface area contributed by atoms with E-state index in [1.165, 1.54) is 7.05 Å². The highest BCUT2D eigenvalue weighted by Crippen LogP contribution is 1.92. The first-order chi connectivity index (χ1) is 8.85. The number of rotatable bonds is 6. The zero-order valence-corrected chi connectivity index (χ0v) is 11.6. The maximum Gasteiger partial charge on any atom is 0.331 e. The first-order valence-corrected chi connectivity index (χ1v) is 5.88. The van der Waals surface area contributed by atoms with Gasteiger partial charge in [0.25, 0.3) is 0 Å². The number of hydrogen-bond acceptors (Lipinski definition) is 5. The number of nitrogens with one attached hydrogen (secondary N) is 2. The normalized spacial score (nSPS) is 12.1. The topological polar surface area (TPSA) is 93.7 Å². The van der Waals surface area contributed by atoms with Crippen molar-refractivity contribution in [1.82, 2.24) is 10.6 Å². The van der Waals surface area contributed by atoms with Gasteiger partial charge in [-0.2, -0.15) is 0 Å². The van der Waals surface area contributed by atoms with E-state index in [-0.39, 0.29) is 24.8 Å². The Kier molecular flexibility index (Phi) is 7.99. The summed E-state index contributed by atoms with van der Waals surface area (Å²) < 4.78 is 9.62. The maximum absolute atomic E-state index is 11.2. The summed E-state index contributed by atoms with van der Waals surface area (Å²) in [5, 5.41) is 4.91. The smallest absolute Gasteiger partial charge is 0.331 e. The molecule has 0 spiro atoms. The number of urea groups is 1. The molecule has 0 aliphatic heterocycles. The Labute approximate surface area is 112 Å². The van der Waals surface area contributed by atoms with Gasteiger partial charge >= 0.3 is 18.0 Å². The quantitative estimate of drug-likeness (QED) is 0.537. The van der Waals surface area contributed by atoms with Crippen molar-refractivity contribution in [2.75, 3.05) is 13.7 Å². The second kappa shape index (κ2) is 8.96. The van der Waals surface area contributed by atoms with Crippen LogP contribution in [0.3, 0.4) is 0 Å². The third kappa shape index (κ3) is 9.63. The molecule has 0 aromatic heterocycles. The fourth-order valence-corrected chi connectivity index (χ4v) is 1.00. The molecule has 0 aromatic rings. The molecule has 0 aromatic carbocycles. The van der Waals surface area contributed by atoms with E-state index in [0.29, 0.717) is 0 Å². The number of ether oxygens (including phenoxy) is 2. The summed E-state index contributed by atoms with van der Waals surface area (Å²) in [5.41, 5.74) is 0. The predicted octanol–water partition coefficient (Wildman–Crippen LogP) is 0.355. The minimum atomic E-state index is -0.675. The van der Waals surface area contributed by atoms with Crippen molar-refractivity contribution in [3.63, 3.8) is 0 Å². The van der Waals surface area contributed by atoms with E-state index in [1.54, 1.807) is 20.8 Å². The zero-order valence-electron chi connectivity index (χ0n) is 11.6. The first kappa shape index (κ1) is 16.9. The van der Waals surface area contributed by atoms with Gasteiger partial charge in [0, 0.05) is 19.2 Å². The van der Waals surface area contributed by atoms with Crippen molar-refractivity contribution in [3.8, 4) is 0 Å². The number of esters is 2. The molecule has 0 unspecified atom stereocenters. The molecule has 2 amide bonds. The standard InChI is InChI=1S/C12H20N2O5/c1-8(2)19-11(16)6-5-10(15)18-7-9(3)14-12(17)13-4/h5-6,8-9H,7H2,1-4H3,(H2,13,14,17)/b6-5+/t9-/m1/s1. The molecule has 108 valence electrons. The van der Waals surface area contributed by atoms with Crippen LogP contribution in [-0.4, -0.2) is 43.8 Å². The second-order valence-electron chi connectivity index (χ2n) is 4.07. The van der Waals surface area contributed by atoms with Crippen molar-refractivity contribution >= 4 is 18.0 Å². The lowest BCUT2D eigenvalue weighted by atomic mass is 10.4. The molecule has 0 saturated carbocycles. The minimum Gasteiger partial charge on any atom is -0.460 e. The van der Waals surface area contributed by atoms with Gasteiger partial charge in [-0.05, 0) is 20.8 Å². The Morgan fingerprint density at radius 2 is 1.68 bits per heavy atom. The second-order valence-corrected chi connectivity index (χ2v) is 4.07. The summed E-state index contributed by atoms with van der Waals surface area (Å²) >= 11 is 0. The molecular formula is C12H20N2O5. The third-order valence-electron chi connectivity index (χ3n) is 1.79. The van der Waals surface area contributed by atoms with Crippen LogP contribution in [0, 0.1) is 0 Å². The van der Waals surface area contributed by atoms with E-state index in [9.17, 15) is 14.4 Å². The SMILES string of the molecule is CNC(=O)N[C@H](C)COC(=O)/C=C/C(=O)OC(C)C. The Morgan fingerprint density at radius 3 is 2.21 bits per heavy atom. The Morgan fingerprint density at radius 1 is 1.11 bits per heavy atom. The average molecular weight is 272 g/mol. The number of amides is 2. The van der Waals surface area contributed by atoms with Gasteiger partial charge in [0.1, 0.15) is 6.61 Å². The largest absolute Gasteiger partial charge is 0.460 e. The van der Waals surface area contributed by atoms with E-state index in [0.717, 1.165) is 12.2 Å². The molecule has 7 nitrogen and oxygen atoms in total. The Balaban J connectivity index is 3.95. The van der Waals surface area contributed by atoms with Gasteiger partial charge in [-0.1, -0.05) is 0 Å². The molecule has 1 atom stereocenters. The minimum absolute atomic E-state index is 0.00974. The van der Waals surface area contributed by atoms with Gasteiger partial charge < -0.3 is 20.1 Å². The van der Waals surface area contributed by atoms with Gasteiger partial charge in [-0.3, -0.25) is 0 Å². The van der Waals surface area contributed by atoms with Crippen LogP contribution >= 0.6 is 0 Å². The molecule has 0 bridgehead atoms.